The van der Waals surface area contributed by atoms with E-state index in [0.29, 0.717) is 0 Å². The van der Waals surface area contributed by atoms with E-state index in [9.17, 15) is 97.1 Å². The molecule has 12 N–H and O–H groups in total. The summed E-state index contributed by atoms with van der Waals surface area (Å²) in [6.07, 6.45) is -42.9. The summed E-state index contributed by atoms with van der Waals surface area (Å²) < 4.78 is 193. The van der Waals surface area contributed by atoms with Gasteiger partial charge in [0.1, 0.15) is 67.1 Å². The van der Waals surface area contributed by atoms with E-state index < -0.39 is 201 Å². The molecule has 4 aliphatic rings. The molecule has 20 atom stereocenters. The van der Waals surface area contributed by atoms with Crippen LogP contribution in [0.4, 0.5) is 0 Å². The Balaban J connectivity index is 1.83. The Morgan fingerprint density at radius 2 is 0.871 bits per heavy atom. The zero-order valence-corrected chi connectivity index (χ0v) is 39.1. The van der Waals surface area contributed by atoms with Crippen LogP contribution in [0, 0.1) is 0 Å². The van der Waals surface area contributed by atoms with E-state index in [1.165, 1.54) is 6.92 Å². The molecule has 2 amide bonds. The van der Waals surface area contributed by atoms with Crippen molar-refractivity contribution in [2.45, 2.75) is 143 Å². The number of hydrogen-bond donors (Lipinski definition) is 12. The van der Waals surface area contributed by atoms with Crippen LogP contribution < -0.4 is 10.6 Å². The number of carbonyl (C=O) groups excluding carboxylic acids is 2. The van der Waals surface area contributed by atoms with Crippen molar-refractivity contribution in [3.05, 3.63) is 0 Å². The van der Waals surface area contributed by atoms with Crippen molar-refractivity contribution in [2.75, 3.05) is 20.3 Å². The van der Waals surface area contributed by atoms with Crippen molar-refractivity contribution in [1.82, 2.24) is 10.6 Å². The standard InChI is InChI=1S/C30H48N2O34S4/c1-7-12(31-8(2)33)18(14(35)10(58-7)5-56-67(43,44)45)60-30-23(66-70(52,53)54)17(38)21(25(64-30)27(41)42)62-28-13(32-9(3)34)19(15(36)11(59-28)6-57-68(46,47)48)61-29-22(65-69(49,50)51)16(37)20(55-4)24(63-29)26(39)40/h7,10-25,28-30,35-38H,5-6H2,1-4H3,(H,31,33)(H,32,34)(H,39,40)(H,41,42)(H,43,44,45)(H,46,47,48)(H,49,50,51)(H,52,53,54). The second-order valence-electron chi connectivity index (χ2n) is 15.3. The highest BCUT2D eigenvalue weighted by atomic mass is 32.3. The monoisotopic (exact) mass is 1110 g/mol. The van der Waals surface area contributed by atoms with Crippen LogP contribution in [0.15, 0.2) is 0 Å². The summed E-state index contributed by atoms with van der Waals surface area (Å²) in [6, 6.07) is -3.85. The first-order chi connectivity index (χ1) is 32.0. The van der Waals surface area contributed by atoms with Crippen molar-refractivity contribution in [2.24, 2.45) is 0 Å². The molecule has 0 aromatic carbocycles. The van der Waals surface area contributed by atoms with Crippen molar-refractivity contribution >= 4 is 65.3 Å². The lowest BCUT2D eigenvalue weighted by Crippen LogP contribution is -2.71. The average Bonchev–Trinajstić information content (AvgIpc) is 3.19. The summed E-state index contributed by atoms with van der Waals surface area (Å²) in [5.74, 6) is -6.12. The molecule has 0 aliphatic carbocycles. The van der Waals surface area contributed by atoms with Gasteiger partial charge < -0.3 is 79.2 Å². The molecular formula is C30H48N2O34S4. The van der Waals surface area contributed by atoms with Crippen molar-refractivity contribution < 1.29 is 156 Å². The fourth-order valence-corrected chi connectivity index (χ4v) is 9.11. The minimum Gasteiger partial charge on any atom is -0.479 e. The Morgan fingerprint density at radius 1 is 0.500 bits per heavy atom. The van der Waals surface area contributed by atoms with E-state index in [-0.39, 0.29) is 0 Å². The van der Waals surface area contributed by atoms with Gasteiger partial charge in [-0.15, -0.1) is 0 Å². The van der Waals surface area contributed by atoms with Crippen LogP contribution in [0.3, 0.4) is 0 Å². The van der Waals surface area contributed by atoms with Crippen LogP contribution in [0.5, 0.6) is 0 Å². The number of nitrogens with one attached hydrogen (secondary N) is 2. The fourth-order valence-electron chi connectivity index (χ4n) is 7.53. The van der Waals surface area contributed by atoms with E-state index in [0.717, 1.165) is 21.0 Å². The second kappa shape index (κ2) is 23.4. The number of aliphatic carboxylic acids is 2. The predicted molar refractivity (Wildman–Crippen MR) is 208 cm³/mol. The molecule has 4 saturated heterocycles. The van der Waals surface area contributed by atoms with Gasteiger partial charge in [0.05, 0.1) is 25.4 Å². The Kier molecular flexibility index (Phi) is 19.9. The highest BCUT2D eigenvalue weighted by Crippen LogP contribution is 2.37. The minimum atomic E-state index is -5.84. The normalized spacial score (nSPS) is 38.9. The summed E-state index contributed by atoms with van der Waals surface area (Å²) in [4.78, 5) is 49.9. The average molecular weight is 1110 g/mol. The maximum absolute atomic E-state index is 12.9. The van der Waals surface area contributed by atoms with Gasteiger partial charge in [-0.05, 0) is 6.92 Å². The van der Waals surface area contributed by atoms with Crippen molar-refractivity contribution in [3.63, 3.8) is 0 Å². The first-order valence-electron chi connectivity index (χ1n) is 19.4. The van der Waals surface area contributed by atoms with Gasteiger partial charge in [0.25, 0.3) is 0 Å². The molecule has 4 heterocycles. The molecule has 0 radical (unpaired) electrons. The predicted octanol–water partition coefficient (Wildman–Crippen LogP) is -8.24. The van der Waals surface area contributed by atoms with Gasteiger partial charge in [-0.3, -0.25) is 27.8 Å². The number of amides is 2. The number of aliphatic hydroxyl groups excluding tert-OH is 4. The third kappa shape index (κ3) is 15.9. The lowest BCUT2D eigenvalue weighted by Gasteiger charge is -2.50. The van der Waals surface area contributed by atoms with E-state index >= 15 is 0 Å². The highest BCUT2D eigenvalue weighted by molar-refractivity contribution is 7.81. The zero-order valence-electron chi connectivity index (χ0n) is 35.9. The zero-order chi connectivity index (χ0) is 53.2. The number of ether oxygens (including phenoxy) is 8. The number of methoxy groups -OCH3 is 1. The van der Waals surface area contributed by atoms with Crippen molar-refractivity contribution in [1.29, 1.82) is 0 Å². The molecular weight excluding hydrogens is 1060 g/mol. The maximum Gasteiger partial charge on any atom is 0.397 e. The van der Waals surface area contributed by atoms with E-state index in [1.807, 2.05) is 0 Å². The first-order valence-corrected chi connectivity index (χ1v) is 24.9. The number of aliphatic hydroxyl groups is 4. The molecule has 0 spiro atoms. The van der Waals surface area contributed by atoms with Gasteiger partial charge in [-0.1, -0.05) is 0 Å². The second-order valence-corrected chi connectivity index (χ2v) is 19.5. The molecule has 406 valence electrons. The van der Waals surface area contributed by atoms with Gasteiger partial charge in [-0.25, -0.2) is 26.3 Å². The van der Waals surface area contributed by atoms with Crippen LogP contribution in [0.2, 0.25) is 0 Å². The van der Waals surface area contributed by atoms with Gasteiger partial charge in [0.2, 0.25) is 11.8 Å². The Hall–Kier alpha value is -3.12. The summed E-state index contributed by atoms with van der Waals surface area (Å²) in [5, 5.41) is 70.0. The molecule has 0 bridgehead atoms. The third-order valence-electron chi connectivity index (χ3n) is 10.3. The summed E-state index contributed by atoms with van der Waals surface area (Å²) in [5.41, 5.74) is 0. The molecule has 20 unspecified atom stereocenters. The van der Waals surface area contributed by atoms with Crippen LogP contribution >= 0.6 is 0 Å². The van der Waals surface area contributed by atoms with Gasteiger partial charge >= 0.3 is 53.5 Å². The van der Waals surface area contributed by atoms with Crippen molar-refractivity contribution in [3.8, 4) is 0 Å². The third-order valence-corrected chi connectivity index (χ3v) is 12.1. The molecule has 0 aromatic heterocycles. The van der Waals surface area contributed by atoms with Gasteiger partial charge in [0.15, 0.2) is 43.3 Å². The summed E-state index contributed by atoms with van der Waals surface area (Å²) in [7, 11) is -21.4. The van der Waals surface area contributed by atoms with Gasteiger partial charge in [-0.2, -0.15) is 33.7 Å². The minimum absolute atomic E-state index is 0.762. The molecule has 0 aromatic rings. The largest absolute Gasteiger partial charge is 0.479 e. The van der Waals surface area contributed by atoms with Crippen LogP contribution in [0.1, 0.15) is 20.8 Å². The molecule has 0 saturated carbocycles. The van der Waals surface area contributed by atoms with E-state index in [4.69, 9.17) is 42.4 Å². The lowest BCUT2D eigenvalue weighted by molar-refractivity contribution is -0.363. The topological polar surface area (TPSA) is 542 Å². The Bertz CT molecular complexity index is 2320. The smallest absolute Gasteiger partial charge is 0.397 e. The summed E-state index contributed by atoms with van der Waals surface area (Å²) in [6.45, 7) is 0.264. The number of rotatable bonds is 21. The molecule has 36 nitrogen and oxygen atoms in total. The SMILES string of the molecule is COC1C(C(=O)O)OC(OC2C(O)C(COS(=O)(=O)O)OC(OC3C(C(=O)O)OC(OC4C(O)C(COS(=O)(=O)O)OC(C)C4NC(C)=O)C(OS(=O)(=O)O)C3O)C2NC(C)=O)C(OS(=O)(=O)O)C1O. The lowest BCUT2D eigenvalue weighted by atomic mass is 9.92. The Morgan fingerprint density at radius 3 is 1.26 bits per heavy atom. The first kappa shape index (κ1) is 59.4. The number of hydrogen-bond acceptors (Lipinski definition) is 28. The number of carboxylic acid groups (broad SMARTS) is 2. The molecule has 40 heteroatoms. The van der Waals surface area contributed by atoms with Gasteiger partial charge in [0, 0.05) is 21.0 Å². The van der Waals surface area contributed by atoms with E-state index in [2.05, 4.69) is 27.4 Å². The number of carbonyl (C=O) groups is 4. The van der Waals surface area contributed by atoms with Crippen LogP contribution in [-0.4, -0.2) is 249 Å². The molecule has 70 heavy (non-hydrogen) atoms. The quantitative estimate of drug-likeness (QED) is 0.0475. The molecule has 4 fully saturated rings. The molecule has 4 aliphatic heterocycles. The fraction of sp³-hybridized carbons (Fsp3) is 0.867. The summed E-state index contributed by atoms with van der Waals surface area (Å²) >= 11 is 0. The highest BCUT2D eigenvalue weighted by Gasteiger charge is 2.59. The van der Waals surface area contributed by atoms with Crippen LogP contribution in [-0.2, 0) is 115 Å². The van der Waals surface area contributed by atoms with Crippen LogP contribution in [0.25, 0.3) is 0 Å². The Labute approximate surface area is 395 Å². The number of carboxylic acids is 2. The maximum atomic E-state index is 12.9. The molecule has 4 rings (SSSR count). The van der Waals surface area contributed by atoms with E-state index in [1.54, 1.807) is 0 Å².